The second-order valence-corrected chi connectivity index (χ2v) is 10.8. The fourth-order valence-corrected chi connectivity index (χ4v) is 5.47. The average Bonchev–Trinajstić information content (AvgIpc) is 3.23. The first-order valence-corrected chi connectivity index (χ1v) is 13.0. The number of carbonyl (C=O) groups is 2. The predicted octanol–water partition coefficient (Wildman–Crippen LogP) is 3.26. The van der Waals surface area contributed by atoms with E-state index in [0.717, 1.165) is 18.4 Å². The molecule has 4 rings (SSSR count). The van der Waals surface area contributed by atoms with E-state index in [4.69, 9.17) is 0 Å². The molecule has 0 unspecified atom stereocenters. The smallest absolute Gasteiger partial charge is 0.322 e. The number of aromatic nitrogens is 2. The van der Waals surface area contributed by atoms with Gasteiger partial charge in [0.15, 0.2) is 5.69 Å². The number of aryl methyl sites for hydroxylation is 1. The van der Waals surface area contributed by atoms with E-state index in [1.807, 2.05) is 6.92 Å². The number of amides is 2. The first-order chi connectivity index (χ1) is 16.9. The number of nitrogens with zero attached hydrogens (tertiary/aromatic N) is 2. The topological polar surface area (TPSA) is 122 Å². The molecule has 0 saturated heterocycles. The number of fused-ring (bicyclic) bond motifs is 1. The minimum absolute atomic E-state index is 0.0967. The Kier molecular flexibility index (Phi) is 7.10. The highest BCUT2D eigenvalue weighted by atomic mass is 32.2. The molecule has 0 spiro atoms. The van der Waals surface area contributed by atoms with E-state index in [1.165, 1.54) is 29.1 Å². The first kappa shape index (κ1) is 25.7. The second-order valence-electron chi connectivity index (χ2n) is 9.05. The lowest BCUT2D eigenvalue weighted by molar-refractivity contribution is -0.137. The van der Waals surface area contributed by atoms with Gasteiger partial charge in [0.25, 0.3) is 11.8 Å². The maximum Gasteiger partial charge on any atom is 0.322 e. The van der Waals surface area contributed by atoms with Crippen LogP contribution in [0.25, 0.3) is 5.52 Å². The number of nitrogens with one attached hydrogen (secondary N) is 3. The van der Waals surface area contributed by atoms with Gasteiger partial charge in [0.1, 0.15) is 6.33 Å². The number of halogens is 2. The highest BCUT2D eigenvalue weighted by molar-refractivity contribution is 7.89. The summed E-state index contributed by atoms with van der Waals surface area (Å²) in [4.78, 5) is 28.9. The van der Waals surface area contributed by atoms with E-state index in [9.17, 15) is 26.8 Å². The zero-order chi connectivity index (χ0) is 26.1. The Morgan fingerprint density at radius 3 is 2.39 bits per heavy atom. The van der Waals surface area contributed by atoms with E-state index < -0.39 is 39.8 Å². The van der Waals surface area contributed by atoms with Crippen LogP contribution in [0.5, 0.6) is 0 Å². The summed E-state index contributed by atoms with van der Waals surface area (Å²) in [6.07, 6.45) is 5.55. The Hall–Kier alpha value is -3.38. The van der Waals surface area contributed by atoms with Crippen LogP contribution in [0.2, 0.25) is 0 Å². The summed E-state index contributed by atoms with van der Waals surface area (Å²) < 4.78 is 56.3. The molecule has 0 radical (unpaired) electrons. The lowest BCUT2D eigenvalue weighted by Gasteiger charge is -2.32. The summed E-state index contributed by atoms with van der Waals surface area (Å²) in [7, 11) is -3.77. The molecule has 0 aliphatic heterocycles. The number of alkyl halides is 2. The van der Waals surface area contributed by atoms with E-state index in [-0.39, 0.29) is 16.3 Å². The van der Waals surface area contributed by atoms with Crippen molar-refractivity contribution in [3.8, 4) is 0 Å². The molecule has 2 amide bonds. The van der Waals surface area contributed by atoms with E-state index >= 15 is 0 Å². The third kappa shape index (κ3) is 5.71. The first-order valence-electron chi connectivity index (χ1n) is 11.5. The molecule has 1 aliphatic carbocycles. The molecule has 2 aromatic heterocycles. The third-order valence-corrected chi connectivity index (χ3v) is 7.63. The van der Waals surface area contributed by atoms with Gasteiger partial charge in [0.2, 0.25) is 10.0 Å². The normalized spacial score (nSPS) is 18.7. The van der Waals surface area contributed by atoms with Crippen molar-refractivity contribution in [2.24, 2.45) is 0 Å². The quantitative estimate of drug-likeness (QED) is 0.442. The van der Waals surface area contributed by atoms with Gasteiger partial charge in [-0.3, -0.25) is 9.59 Å². The van der Waals surface area contributed by atoms with Gasteiger partial charge in [-0.05, 0) is 44.0 Å². The van der Waals surface area contributed by atoms with Crippen molar-refractivity contribution in [1.29, 1.82) is 0 Å². The Bertz CT molecular complexity index is 1380. The summed E-state index contributed by atoms with van der Waals surface area (Å²) in [5, 5.41) is 5.02. The van der Waals surface area contributed by atoms with Crippen LogP contribution >= 0.6 is 0 Å². The standard InChI is InChI=1S/C24H27F2N5O4S/c1-15-7-10-17(11-8-15)36(34,35)30-19-6-4-3-5-18(19)29-22(32)21-20-12-9-16(13-31(20)14-27-21)28-23(33)24(2,25)26/h7-14,18-19,30H,3-6H2,1-2H3,(H,28,33)(H,29,32)/t18-,19-/m1/s1. The molecule has 2 heterocycles. The molecular formula is C24H27F2N5O4S. The van der Waals surface area contributed by atoms with Gasteiger partial charge in [-0.15, -0.1) is 0 Å². The van der Waals surface area contributed by atoms with E-state index in [1.54, 1.807) is 24.3 Å². The van der Waals surface area contributed by atoms with E-state index in [2.05, 4.69) is 20.3 Å². The van der Waals surface area contributed by atoms with Gasteiger partial charge in [0.05, 0.1) is 16.1 Å². The number of hydrogen-bond acceptors (Lipinski definition) is 5. The van der Waals surface area contributed by atoms with Gasteiger partial charge < -0.3 is 15.0 Å². The summed E-state index contributed by atoms with van der Waals surface area (Å²) in [6, 6.07) is 8.51. The number of imidazole rings is 1. The Labute approximate surface area is 207 Å². The molecule has 1 saturated carbocycles. The van der Waals surface area contributed by atoms with Gasteiger partial charge in [-0.1, -0.05) is 30.5 Å². The van der Waals surface area contributed by atoms with Crippen molar-refractivity contribution in [1.82, 2.24) is 19.4 Å². The summed E-state index contributed by atoms with van der Waals surface area (Å²) in [5.74, 6) is -5.47. The van der Waals surface area contributed by atoms with Crippen molar-refractivity contribution in [3.05, 3.63) is 60.2 Å². The molecule has 12 heteroatoms. The molecule has 1 aromatic carbocycles. The molecular weight excluding hydrogens is 492 g/mol. The highest BCUT2D eigenvalue weighted by Gasteiger charge is 2.33. The molecule has 1 aliphatic rings. The highest BCUT2D eigenvalue weighted by Crippen LogP contribution is 2.23. The van der Waals surface area contributed by atoms with Crippen LogP contribution < -0.4 is 15.4 Å². The SMILES string of the molecule is Cc1ccc(S(=O)(=O)N[C@@H]2CCCC[C@H]2NC(=O)c2ncn3cc(NC(=O)C(C)(F)F)ccc23)cc1. The molecule has 9 nitrogen and oxygen atoms in total. The zero-order valence-electron chi connectivity index (χ0n) is 19.8. The summed E-state index contributed by atoms with van der Waals surface area (Å²) >= 11 is 0. The lowest BCUT2D eigenvalue weighted by Crippen LogP contribution is -2.53. The number of benzene rings is 1. The van der Waals surface area contributed by atoms with Crippen LogP contribution in [0.3, 0.4) is 0 Å². The van der Waals surface area contributed by atoms with Crippen LogP contribution in [-0.4, -0.2) is 47.6 Å². The molecule has 1 fully saturated rings. The lowest BCUT2D eigenvalue weighted by atomic mass is 9.91. The number of anilines is 1. The molecule has 3 aromatic rings. The molecule has 2 atom stereocenters. The average molecular weight is 520 g/mol. The van der Waals surface area contributed by atoms with Crippen molar-refractivity contribution in [2.45, 2.75) is 62.4 Å². The monoisotopic (exact) mass is 519 g/mol. The van der Waals surface area contributed by atoms with E-state index in [0.29, 0.717) is 25.3 Å². The number of carbonyl (C=O) groups excluding carboxylic acids is 2. The van der Waals surface area contributed by atoms with Gasteiger partial charge >= 0.3 is 5.92 Å². The van der Waals surface area contributed by atoms with Crippen molar-refractivity contribution in [2.75, 3.05) is 5.32 Å². The van der Waals surface area contributed by atoms with Crippen LogP contribution in [-0.2, 0) is 14.8 Å². The minimum Gasteiger partial charge on any atom is -0.346 e. The Morgan fingerprint density at radius 2 is 1.72 bits per heavy atom. The second kappa shape index (κ2) is 9.94. The van der Waals surface area contributed by atoms with Crippen LogP contribution in [0.4, 0.5) is 14.5 Å². The number of sulfonamides is 1. The fraction of sp³-hybridized carbons (Fsp3) is 0.375. The minimum atomic E-state index is -3.77. The predicted molar refractivity (Wildman–Crippen MR) is 129 cm³/mol. The van der Waals surface area contributed by atoms with Crippen molar-refractivity contribution in [3.63, 3.8) is 0 Å². The molecule has 36 heavy (non-hydrogen) atoms. The van der Waals surface area contributed by atoms with Crippen molar-refractivity contribution >= 4 is 33.0 Å². The van der Waals surface area contributed by atoms with Crippen LogP contribution in [0.15, 0.2) is 53.8 Å². The largest absolute Gasteiger partial charge is 0.346 e. The summed E-state index contributed by atoms with van der Waals surface area (Å²) in [6.45, 7) is 2.37. The molecule has 3 N–H and O–H groups in total. The molecule has 192 valence electrons. The van der Waals surface area contributed by atoms with Gasteiger partial charge in [0, 0.05) is 25.2 Å². The van der Waals surface area contributed by atoms with Gasteiger partial charge in [-0.2, -0.15) is 8.78 Å². The maximum atomic E-state index is 13.2. The fourth-order valence-electron chi connectivity index (χ4n) is 4.16. The molecule has 0 bridgehead atoms. The number of pyridine rings is 1. The Balaban J connectivity index is 1.48. The number of rotatable bonds is 7. The summed E-state index contributed by atoms with van der Waals surface area (Å²) in [5.41, 5.74) is 1.57. The Morgan fingerprint density at radius 1 is 1.06 bits per heavy atom. The van der Waals surface area contributed by atoms with Crippen molar-refractivity contribution < 1.29 is 26.8 Å². The van der Waals surface area contributed by atoms with Crippen LogP contribution in [0.1, 0.15) is 48.7 Å². The van der Waals surface area contributed by atoms with Crippen LogP contribution in [0, 0.1) is 6.92 Å². The maximum absolute atomic E-state index is 13.2. The van der Waals surface area contributed by atoms with Gasteiger partial charge in [-0.25, -0.2) is 18.1 Å². The third-order valence-electron chi connectivity index (χ3n) is 6.12. The zero-order valence-corrected chi connectivity index (χ0v) is 20.6. The number of hydrogen-bond donors (Lipinski definition) is 3.